The third-order valence-corrected chi connectivity index (χ3v) is 6.16. The van der Waals surface area contributed by atoms with E-state index in [1.165, 1.54) is 34.6 Å². The topological polar surface area (TPSA) is 32.5 Å². The van der Waals surface area contributed by atoms with Gasteiger partial charge in [-0.2, -0.15) is 0 Å². The maximum atomic E-state index is 6.43. The maximum absolute atomic E-state index is 6.43. The molecule has 20 heavy (non-hydrogen) atoms. The first-order valence-electron chi connectivity index (χ1n) is 7.44. The Kier molecular flexibility index (Phi) is 6.05. The molecule has 1 aliphatic heterocycles. The molecule has 1 aliphatic rings. The van der Waals surface area contributed by atoms with Gasteiger partial charge in [0.15, 0.2) is 0 Å². The Bertz CT molecular complexity index is 415. The van der Waals surface area contributed by atoms with Crippen LogP contribution in [-0.2, 0) is 0 Å². The molecule has 3 nitrogen and oxygen atoms in total. The Morgan fingerprint density at radius 3 is 2.60 bits per heavy atom. The van der Waals surface area contributed by atoms with Gasteiger partial charge in [0.25, 0.3) is 0 Å². The first-order valence-corrected chi connectivity index (χ1v) is 9.05. The molecule has 0 bridgehead atoms. The van der Waals surface area contributed by atoms with E-state index in [1.54, 1.807) is 0 Å². The second-order valence-electron chi connectivity index (χ2n) is 5.86. The van der Waals surface area contributed by atoms with Crippen molar-refractivity contribution in [2.45, 2.75) is 44.3 Å². The van der Waals surface area contributed by atoms with Crippen LogP contribution in [0.3, 0.4) is 0 Å². The molecule has 0 spiro atoms. The predicted octanol–water partition coefficient (Wildman–Crippen LogP) is 3.32. The Morgan fingerprint density at radius 2 is 2.10 bits per heavy atom. The highest BCUT2D eigenvalue weighted by Gasteiger charge is 2.30. The van der Waals surface area contributed by atoms with E-state index in [1.807, 2.05) is 11.3 Å². The fraction of sp³-hybridized carbons (Fsp3) is 0.733. The van der Waals surface area contributed by atoms with Crippen molar-refractivity contribution in [2.24, 2.45) is 5.73 Å². The molecule has 1 fully saturated rings. The molecule has 1 aromatic rings. The highest BCUT2D eigenvalue weighted by Crippen LogP contribution is 2.35. The summed E-state index contributed by atoms with van der Waals surface area (Å²) in [4.78, 5) is 6.33. The van der Waals surface area contributed by atoms with E-state index in [9.17, 15) is 0 Å². The van der Waals surface area contributed by atoms with Crippen LogP contribution in [0.5, 0.6) is 0 Å². The number of thiophene rings is 1. The van der Waals surface area contributed by atoms with E-state index < -0.39 is 0 Å². The minimum atomic E-state index is 0.199. The monoisotopic (exact) mass is 359 g/mol. The summed E-state index contributed by atoms with van der Waals surface area (Å²) in [7, 11) is 4.46. The molecule has 1 aromatic heterocycles. The summed E-state index contributed by atoms with van der Waals surface area (Å²) >= 11 is 5.39. The summed E-state index contributed by atoms with van der Waals surface area (Å²) in [5.41, 5.74) is 6.43. The number of likely N-dealkylation sites (tertiary alicyclic amines) is 1. The van der Waals surface area contributed by atoms with Crippen LogP contribution in [0.1, 0.15) is 37.1 Å². The van der Waals surface area contributed by atoms with Crippen LogP contribution in [0.25, 0.3) is 0 Å². The average molecular weight is 360 g/mol. The second kappa shape index (κ2) is 7.36. The lowest BCUT2D eigenvalue weighted by Crippen LogP contribution is -2.47. The zero-order chi connectivity index (χ0) is 14.7. The smallest absolute Gasteiger partial charge is 0.0702 e. The molecule has 2 rings (SSSR count). The molecule has 2 N–H and O–H groups in total. The molecule has 2 atom stereocenters. The van der Waals surface area contributed by atoms with E-state index >= 15 is 0 Å². The van der Waals surface area contributed by atoms with Gasteiger partial charge in [0.1, 0.15) is 0 Å². The van der Waals surface area contributed by atoms with Crippen LogP contribution < -0.4 is 5.73 Å². The number of rotatable bonds is 5. The lowest BCUT2D eigenvalue weighted by molar-refractivity contribution is 0.0950. The fourth-order valence-electron chi connectivity index (χ4n) is 3.05. The van der Waals surface area contributed by atoms with Gasteiger partial charge in [0.2, 0.25) is 0 Å². The van der Waals surface area contributed by atoms with Gasteiger partial charge in [-0.05, 0) is 74.5 Å². The SMILES string of the molecule is CCC(N)C(c1ccc(Br)s1)N(C)C1CCN(C)CC1. The standard InChI is InChI=1S/C15H26BrN3S/c1-4-12(17)15(13-5-6-14(16)20-13)19(3)11-7-9-18(2)10-8-11/h5-6,11-12,15H,4,7-10,17H2,1-3H3. The first kappa shape index (κ1) is 16.4. The van der Waals surface area contributed by atoms with Crippen molar-refractivity contribution < 1.29 is 0 Å². The summed E-state index contributed by atoms with van der Waals surface area (Å²) in [6.45, 7) is 4.57. The Labute approximate surface area is 135 Å². The van der Waals surface area contributed by atoms with Crippen LogP contribution in [0.2, 0.25) is 0 Å². The zero-order valence-corrected chi connectivity index (χ0v) is 15.1. The number of hydrogen-bond donors (Lipinski definition) is 1. The molecule has 0 aromatic carbocycles. The van der Waals surface area contributed by atoms with Crippen LogP contribution in [-0.4, -0.2) is 49.1 Å². The van der Waals surface area contributed by atoms with E-state index in [-0.39, 0.29) is 6.04 Å². The highest BCUT2D eigenvalue weighted by molar-refractivity contribution is 9.11. The van der Waals surface area contributed by atoms with Gasteiger partial charge in [-0.1, -0.05) is 6.92 Å². The van der Waals surface area contributed by atoms with Crippen molar-refractivity contribution >= 4 is 27.3 Å². The van der Waals surface area contributed by atoms with Gasteiger partial charge in [-0.25, -0.2) is 0 Å². The maximum Gasteiger partial charge on any atom is 0.0702 e. The molecule has 0 saturated carbocycles. The molecule has 0 amide bonds. The molecule has 0 aliphatic carbocycles. The van der Waals surface area contributed by atoms with Gasteiger partial charge in [0, 0.05) is 17.0 Å². The number of likely N-dealkylation sites (N-methyl/N-ethyl adjacent to an activating group) is 1. The average Bonchev–Trinajstić information content (AvgIpc) is 2.85. The highest BCUT2D eigenvalue weighted by atomic mass is 79.9. The third kappa shape index (κ3) is 3.83. The second-order valence-corrected chi connectivity index (χ2v) is 8.35. The van der Waals surface area contributed by atoms with Crippen LogP contribution in [0.4, 0.5) is 0 Å². The number of nitrogens with two attached hydrogens (primary N) is 1. The number of piperidine rings is 1. The molecule has 2 unspecified atom stereocenters. The Balaban J connectivity index is 2.14. The summed E-state index contributed by atoms with van der Waals surface area (Å²) in [6, 6.07) is 5.54. The fourth-order valence-corrected chi connectivity index (χ4v) is 4.71. The van der Waals surface area contributed by atoms with Gasteiger partial charge in [0.05, 0.1) is 9.83 Å². The summed E-state index contributed by atoms with van der Waals surface area (Å²) < 4.78 is 1.19. The normalized spacial score (nSPS) is 21.3. The summed E-state index contributed by atoms with van der Waals surface area (Å²) in [6.07, 6.45) is 3.50. The molecule has 5 heteroatoms. The van der Waals surface area contributed by atoms with E-state index in [0.29, 0.717) is 12.1 Å². The molecule has 114 valence electrons. The van der Waals surface area contributed by atoms with Crippen molar-refractivity contribution in [3.8, 4) is 0 Å². The molecule has 2 heterocycles. The molecule has 0 radical (unpaired) electrons. The number of nitrogens with zero attached hydrogens (tertiary/aromatic N) is 2. The number of halogens is 1. The Hall–Kier alpha value is 0.0600. The van der Waals surface area contributed by atoms with Crippen LogP contribution >= 0.6 is 27.3 Å². The first-order chi connectivity index (χ1) is 9.52. The Morgan fingerprint density at radius 1 is 1.45 bits per heavy atom. The van der Waals surface area contributed by atoms with Crippen molar-refractivity contribution in [2.75, 3.05) is 27.2 Å². The van der Waals surface area contributed by atoms with Crippen molar-refractivity contribution in [3.05, 3.63) is 20.8 Å². The number of hydrogen-bond acceptors (Lipinski definition) is 4. The zero-order valence-electron chi connectivity index (χ0n) is 12.7. The third-order valence-electron chi connectivity index (χ3n) is 4.47. The van der Waals surface area contributed by atoms with Gasteiger partial charge >= 0.3 is 0 Å². The van der Waals surface area contributed by atoms with Gasteiger partial charge in [-0.15, -0.1) is 11.3 Å². The lowest BCUT2D eigenvalue weighted by Gasteiger charge is -2.41. The van der Waals surface area contributed by atoms with Gasteiger partial charge in [-0.3, -0.25) is 4.90 Å². The molecule has 1 saturated heterocycles. The van der Waals surface area contributed by atoms with Crippen molar-refractivity contribution in [1.82, 2.24) is 9.80 Å². The van der Waals surface area contributed by atoms with Gasteiger partial charge < -0.3 is 10.6 Å². The van der Waals surface area contributed by atoms with E-state index in [0.717, 1.165) is 6.42 Å². The molecular formula is C15H26BrN3S. The predicted molar refractivity (Wildman–Crippen MR) is 91.3 cm³/mol. The summed E-state index contributed by atoms with van der Waals surface area (Å²) in [5.74, 6) is 0. The van der Waals surface area contributed by atoms with E-state index in [2.05, 4.69) is 58.9 Å². The van der Waals surface area contributed by atoms with Crippen LogP contribution in [0.15, 0.2) is 15.9 Å². The minimum Gasteiger partial charge on any atom is -0.326 e. The minimum absolute atomic E-state index is 0.199. The lowest BCUT2D eigenvalue weighted by atomic mass is 9.97. The van der Waals surface area contributed by atoms with Crippen LogP contribution in [0, 0.1) is 0 Å². The summed E-state index contributed by atoms with van der Waals surface area (Å²) in [5, 5.41) is 0. The quantitative estimate of drug-likeness (QED) is 0.874. The van der Waals surface area contributed by atoms with E-state index in [4.69, 9.17) is 5.73 Å². The molecular weight excluding hydrogens is 334 g/mol. The van der Waals surface area contributed by atoms with Crippen molar-refractivity contribution in [1.29, 1.82) is 0 Å². The largest absolute Gasteiger partial charge is 0.326 e. The van der Waals surface area contributed by atoms with Crippen molar-refractivity contribution in [3.63, 3.8) is 0 Å².